The lowest BCUT2D eigenvalue weighted by Gasteiger charge is -2.20. The Morgan fingerprint density at radius 3 is 1.52 bits per heavy atom. The molecule has 118 valence electrons. The van der Waals surface area contributed by atoms with E-state index in [4.69, 9.17) is 0 Å². The van der Waals surface area contributed by atoms with Gasteiger partial charge < -0.3 is 14.6 Å². The third-order valence-electron chi connectivity index (χ3n) is 2.04. The molecule has 0 aliphatic rings. The zero-order chi connectivity index (χ0) is 16.6. The van der Waals surface area contributed by atoms with Crippen LogP contribution in [0.3, 0.4) is 0 Å². The van der Waals surface area contributed by atoms with E-state index in [-0.39, 0.29) is 18.2 Å². The summed E-state index contributed by atoms with van der Waals surface area (Å²) in [6.07, 6.45) is -15.7. The van der Waals surface area contributed by atoms with E-state index in [0.717, 1.165) is 0 Å². The molecule has 0 unspecified atom stereocenters. The number of hydrogen-bond acceptors (Lipinski definition) is 3. The number of carboxylic acids is 1. The number of carbonyl (C=O) groups is 1. The van der Waals surface area contributed by atoms with E-state index in [1.807, 2.05) is 0 Å². The molecular weight excluding hydrogens is 320 g/mol. The van der Waals surface area contributed by atoms with Crippen molar-refractivity contribution in [3.05, 3.63) is 29.3 Å². The van der Waals surface area contributed by atoms with Crippen molar-refractivity contribution in [3.8, 4) is 5.75 Å². The van der Waals surface area contributed by atoms with Gasteiger partial charge >= 0.3 is 18.5 Å². The van der Waals surface area contributed by atoms with E-state index in [2.05, 4.69) is 4.74 Å². The van der Waals surface area contributed by atoms with Crippen molar-refractivity contribution in [2.75, 3.05) is 0 Å². The Labute approximate surface area is 110 Å². The van der Waals surface area contributed by atoms with Gasteiger partial charge in [0.15, 0.2) is 5.97 Å². The Hall–Kier alpha value is -2.07. The smallest absolute Gasteiger partial charge is 0.441 e. The van der Waals surface area contributed by atoms with Gasteiger partial charge in [-0.2, -0.15) is 35.1 Å². The predicted molar refractivity (Wildman–Crippen MR) is 47.0 cm³/mol. The first-order valence-electron chi connectivity index (χ1n) is 4.81. The van der Waals surface area contributed by atoms with Crippen molar-refractivity contribution in [2.24, 2.45) is 0 Å². The van der Waals surface area contributed by atoms with Crippen molar-refractivity contribution in [3.63, 3.8) is 0 Å². The Morgan fingerprint density at radius 1 is 0.857 bits per heavy atom. The van der Waals surface area contributed by atoms with Gasteiger partial charge in [-0.25, -0.2) is 0 Å². The largest absolute Gasteiger partial charge is 0.541 e. The minimum Gasteiger partial charge on any atom is -0.541 e. The van der Waals surface area contributed by atoms with Gasteiger partial charge in [0.1, 0.15) is 5.75 Å². The molecule has 11 heteroatoms. The third-order valence-corrected chi connectivity index (χ3v) is 2.04. The van der Waals surface area contributed by atoms with Crippen LogP contribution in [0, 0.1) is 0 Å². The molecule has 1 aromatic carbocycles. The van der Waals surface area contributed by atoms with Gasteiger partial charge in [-0.15, -0.1) is 0 Å². The molecule has 0 fully saturated rings. The molecule has 0 heterocycles. The maximum atomic E-state index is 12.6. The molecule has 0 N–H and O–H groups in total. The molecule has 1 aromatic rings. The number of halogens is 8. The average Bonchev–Trinajstić information content (AvgIpc) is 2.25. The number of carboxylic acid groups (broad SMARTS) is 1. The van der Waals surface area contributed by atoms with Crippen LogP contribution in [0.5, 0.6) is 5.75 Å². The molecule has 0 atom stereocenters. The van der Waals surface area contributed by atoms with Crippen molar-refractivity contribution in [1.29, 1.82) is 0 Å². The van der Waals surface area contributed by atoms with E-state index in [0.29, 0.717) is 0 Å². The summed E-state index contributed by atoms with van der Waals surface area (Å²) in [4.78, 5) is 9.96. The van der Waals surface area contributed by atoms with Crippen molar-refractivity contribution < 1.29 is 49.8 Å². The van der Waals surface area contributed by atoms with Crippen LogP contribution in [-0.2, 0) is 17.1 Å². The molecule has 3 nitrogen and oxygen atoms in total. The summed E-state index contributed by atoms with van der Waals surface area (Å²) >= 11 is 0. The normalized spacial score (nSPS) is 13.1. The SMILES string of the molecule is O=C([O-])C(F)(F)Oc1cc(C(F)(F)F)cc(C(F)(F)F)c1. The first kappa shape index (κ1) is 17.0. The summed E-state index contributed by atoms with van der Waals surface area (Å²) in [5.74, 6) is -4.74. The Balaban J connectivity index is 3.36. The van der Waals surface area contributed by atoms with Crippen molar-refractivity contribution >= 4 is 5.97 Å². The first-order valence-corrected chi connectivity index (χ1v) is 4.81. The lowest BCUT2D eigenvalue weighted by molar-refractivity contribution is -0.350. The second-order valence-electron chi connectivity index (χ2n) is 3.65. The number of rotatable bonds is 3. The maximum absolute atomic E-state index is 12.6. The minimum absolute atomic E-state index is 0.188. The van der Waals surface area contributed by atoms with Crippen molar-refractivity contribution in [2.45, 2.75) is 18.5 Å². The number of carbonyl (C=O) groups excluding carboxylic acids is 1. The van der Waals surface area contributed by atoms with Gasteiger partial charge in [-0.3, -0.25) is 0 Å². The predicted octanol–water partition coefficient (Wildman–Crippen LogP) is 2.45. The van der Waals surface area contributed by atoms with Gasteiger partial charge in [0.05, 0.1) is 11.1 Å². The Morgan fingerprint density at radius 2 is 1.24 bits per heavy atom. The van der Waals surface area contributed by atoms with Crippen LogP contribution < -0.4 is 9.84 Å². The molecule has 0 bridgehead atoms. The summed E-state index contributed by atoms with van der Waals surface area (Å²) in [6.45, 7) is 0. The quantitative estimate of drug-likeness (QED) is 0.803. The minimum atomic E-state index is -5.28. The standard InChI is InChI=1S/C10H4F8O3/c11-8(12,13)4-1-5(9(14,15)16)3-6(2-4)21-10(17,18)7(19)20/h1-3H,(H,19,20)/p-1. The number of hydrogen-bond donors (Lipinski definition) is 0. The van der Waals surface area contributed by atoms with E-state index in [1.165, 1.54) is 0 Å². The molecule has 0 saturated carbocycles. The van der Waals surface area contributed by atoms with Crippen LogP contribution in [0.2, 0.25) is 0 Å². The van der Waals surface area contributed by atoms with E-state index in [9.17, 15) is 45.0 Å². The summed E-state index contributed by atoms with van der Waals surface area (Å²) in [6, 6.07) is -0.706. The number of aliphatic carboxylic acids is 1. The third kappa shape index (κ3) is 4.20. The van der Waals surface area contributed by atoms with Crippen LogP contribution in [0.15, 0.2) is 18.2 Å². The Bertz CT molecular complexity index is 514. The summed E-state index contributed by atoms with van der Waals surface area (Å²) < 4.78 is 103. The van der Waals surface area contributed by atoms with Crippen LogP contribution in [-0.4, -0.2) is 12.1 Å². The highest BCUT2D eigenvalue weighted by Gasteiger charge is 2.39. The molecule has 0 aliphatic carbocycles. The molecule has 0 spiro atoms. The van der Waals surface area contributed by atoms with Crippen LogP contribution in [0.4, 0.5) is 35.1 Å². The molecule has 0 saturated heterocycles. The fourth-order valence-corrected chi connectivity index (χ4v) is 1.17. The molecule has 0 radical (unpaired) electrons. The number of benzene rings is 1. The van der Waals surface area contributed by atoms with Gasteiger partial charge in [0.2, 0.25) is 0 Å². The lowest BCUT2D eigenvalue weighted by atomic mass is 10.1. The molecule has 1 rings (SSSR count). The molecular formula is C10H3F8O3-. The average molecular weight is 323 g/mol. The fourth-order valence-electron chi connectivity index (χ4n) is 1.17. The van der Waals surface area contributed by atoms with E-state index < -0.39 is 41.3 Å². The van der Waals surface area contributed by atoms with Crippen LogP contribution >= 0.6 is 0 Å². The highest BCUT2D eigenvalue weighted by atomic mass is 19.4. The zero-order valence-corrected chi connectivity index (χ0v) is 9.48. The monoisotopic (exact) mass is 323 g/mol. The lowest BCUT2D eigenvalue weighted by Crippen LogP contribution is -2.45. The number of alkyl halides is 8. The highest BCUT2D eigenvalue weighted by molar-refractivity contribution is 5.71. The van der Waals surface area contributed by atoms with Gasteiger partial charge in [0.25, 0.3) is 0 Å². The molecule has 21 heavy (non-hydrogen) atoms. The second kappa shape index (κ2) is 5.04. The van der Waals surface area contributed by atoms with Gasteiger partial charge in [0, 0.05) is 0 Å². The molecule has 0 aliphatic heterocycles. The Kier molecular flexibility index (Phi) is 4.08. The summed E-state index contributed by atoms with van der Waals surface area (Å²) in [5, 5.41) is 9.96. The van der Waals surface area contributed by atoms with Crippen molar-refractivity contribution in [1.82, 2.24) is 0 Å². The maximum Gasteiger partial charge on any atom is 0.441 e. The number of ether oxygens (including phenoxy) is 1. The second-order valence-corrected chi connectivity index (χ2v) is 3.65. The zero-order valence-electron chi connectivity index (χ0n) is 9.48. The van der Waals surface area contributed by atoms with E-state index in [1.54, 1.807) is 0 Å². The van der Waals surface area contributed by atoms with E-state index >= 15 is 0 Å². The molecule has 0 aromatic heterocycles. The van der Waals surface area contributed by atoms with Crippen LogP contribution in [0.1, 0.15) is 11.1 Å². The fraction of sp³-hybridized carbons (Fsp3) is 0.300. The van der Waals surface area contributed by atoms with Crippen LogP contribution in [0.25, 0.3) is 0 Å². The van der Waals surface area contributed by atoms with Gasteiger partial charge in [-0.05, 0) is 18.2 Å². The highest BCUT2D eigenvalue weighted by Crippen LogP contribution is 2.39. The summed E-state index contributed by atoms with van der Waals surface area (Å²) in [7, 11) is 0. The van der Waals surface area contributed by atoms with Gasteiger partial charge in [-0.1, -0.05) is 0 Å². The first-order chi connectivity index (χ1) is 9.23. The molecule has 0 amide bonds. The topological polar surface area (TPSA) is 49.4 Å². The summed E-state index contributed by atoms with van der Waals surface area (Å²) in [5.41, 5.74) is -3.86.